The summed E-state index contributed by atoms with van der Waals surface area (Å²) in [6.07, 6.45) is 9.82. The fraction of sp³-hybridized carbons (Fsp3) is 0.102. The lowest BCUT2D eigenvalue weighted by Gasteiger charge is -2.12. The number of aromatic nitrogens is 23. The number of hydrogen-bond donors (Lipinski definition) is 14. The highest BCUT2D eigenvalue weighted by atomic mass is 19.1. The standard InChI is InChI=1S/C23H26N6O.C21H18N4O.C17H13N5O.C16H12FN5O.C16H11FN4O2.C15H9F2N5/c1-30-13-10-16-4-6-17(7-5-16)22-19-14-18(8-9-20(19)25-27-22)23-24-21(26-28-23)15-29-11-2-3-12-29;22-21(26)16-9-10-19-18(12-16)20(25-24-19)15-6-4-5-14(11-15)13-23-17-7-2-1-3-8-17;18-16(23)11-4-5-14-13(9-11)15(22-21-14)10-2-1-3-12(8-10)17-19-6-7-20-17;1-23-14-5-3-9(7-12(14)17)15-11-6-10(16-18-8-19-22-16)2-4-13(11)20-21-15;17-10-3-1-9(2-4-10)15-12-7-11(5-6-13(12)19-20-15)21-14(22)8-18-16(21)23;16-10-3-9(4-11(17)6-10)14-12-5-8(15-18-7-19-22-15)1-2-13(12)20-21-14/h4-9,14H,2-3,10-13,15H2,1H3,(H,25,27)(H,24,26,28);1-12,23H,13H2,(H2,22,26)(H,24,25);1-9H,(H2,18,23)(H,19,20)(H,21,22);2-8H,1H3,(H,20,21)(H,18,19,22);1-7H,8H2,(H,18,23)(H,19,20);1-7H,(H,20,21)(H,18,19,22). The number of anilines is 2. The Kier molecular flexibility index (Phi) is 27.7. The van der Waals surface area contributed by atoms with Crippen molar-refractivity contribution in [1.82, 2.24) is 127 Å². The number of urea groups is 1. The maximum atomic E-state index is 14.0. The number of imide groups is 1. The number of aromatic amines is 10. The van der Waals surface area contributed by atoms with Gasteiger partial charge in [-0.15, -0.1) is 0 Å². The maximum Gasteiger partial charge on any atom is 0.329 e. The predicted molar refractivity (Wildman–Crippen MR) is 551 cm³/mol. The number of carbonyl (C=O) groups is 4. The number of carbonyl (C=O) groups excluding carboxylic acids is 4. The number of para-hydroxylation sites is 1. The molecule has 0 unspecified atom stereocenters. The number of methoxy groups -OCH3 is 2. The van der Waals surface area contributed by atoms with Gasteiger partial charge in [0.05, 0.1) is 88.4 Å². The van der Waals surface area contributed by atoms with Gasteiger partial charge in [0.2, 0.25) is 11.8 Å². The number of fused-ring (bicyclic) bond motifs is 6. The van der Waals surface area contributed by atoms with Crippen LogP contribution in [0, 0.1) is 23.3 Å². The van der Waals surface area contributed by atoms with Crippen molar-refractivity contribution in [3.8, 4) is 119 Å². The van der Waals surface area contributed by atoms with Crippen LogP contribution in [0.15, 0.2) is 298 Å². The molecule has 16 N–H and O–H groups in total. The molecule has 5 amide bonds. The van der Waals surface area contributed by atoms with Gasteiger partial charge in [-0.2, -0.15) is 45.9 Å². The van der Waals surface area contributed by atoms with Gasteiger partial charge < -0.3 is 36.6 Å². The lowest BCUT2D eigenvalue weighted by atomic mass is 10.0. The summed E-state index contributed by atoms with van der Waals surface area (Å²) in [6, 6.07) is 81.6. The minimum absolute atomic E-state index is 0.00687. The first-order chi connectivity index (χ1) is 71.8. The summed E-state index contributed by atoms with van der Waals surface area (Å²) in [7, 11) is 3.16. The number of H-pyrrole nitrogens is 10. The van der Waals surface area contributed by atoms with Crippen LogP contribution in [0.4, 0.5) is 33.7 Å². The molecule has 0 saturated carbocycles. The van der Waals surface area contributed by atoms with Crippen LogP contribution in [-0.4, -0.2) is 186 Å². The number of amides is 5. The Bertz CT molecular complexity index is 8620. The number of imidazole rings is 1. The number of benzene rings is 13. The van der Waals surface area contributed by atoms with Crippen LogP contribution < -0.4 is 31.7 Å². The normalized spacial score (nSPS) is 12.3. The quantitative estimate of drug-likeness (QED) is 0.0221. The van der Waals surface area contributed by atoms with Crippen molar-refractivity contribution in [3.63, 3.8) is 0 Å². The molecule has 0 bridgehead atoms. The van der Waals surface area contributed by atoms with Crippen LogP contribution in [0.25, 0.3) is 179 Å². The van der Waals surface area contributed by atoms with Gasteiger partial charge in [0.15, 0.2) is 29.0 Å². The molecule has 2 aliphatic rings. The van der Waals surface area contributed by atoms with Gasteiger partial charge in [-0.1, -0.05) is 78.9 Å². The van der Waals surface area contributed by atoms with Crippen LogP contribution in [0.2, 0.25) is 0 Å². The van der Waals surface area contributed by atoms with Crippen molar-refractivity contribution in [2.24, 2.45) is 11.5 Å². The van der Waals surface area contributed by atoms with Gasteiger partial charge in [0, 0.05) is 137 Å². The molecule has 0 spiro atoms. The predicted octanol–water partition coefficient (Wildman–Crippen LogP) is 19.3. The fourth-order valence-corrected chi connectivity index (χ4v) is 17.3. The molecule has 0 aliphatic carbocycles. The van der Waals surface area contributed by atoms with Crippen molar-refractivity contribution >= 4 is 101 Å². The van der Waals surface area contributed by atoms with Crippen LogP contribution in [-0.2, 0) is 29.0 Å². The van der Waals surface area contributed by atoms with Crippen LogP contribution >= 0.6 is 0 Å². The second kappa shape index (κ2) is 42.9. The first kappa shape index (κ1) is 95.0. The van der Waals surface area contributed by atoms with E-state index in [0.29, 0.717) is 63.2 Å². The Hall–Kier alpha value is -19.6. The van der Waals surface area contributed by atoms with Crippen molar-refractivity contribution in [2.45, 2.75) is 32.4 Å². The summed E-state index contributed by atoms with van der Waals surface area (Å²) < 4.78 is 64.0. The largest absolute Gasteiger partial charge is 0.494 e. The summed E-state index contributed by atoms with van der Waals surface area (Å²) in [5, 5.41) is 75.8. The second-order valence-electron chi connectivity index (χ2n) is 34.2. The molecule has 35 nitrogen and oxygen atoms in total. The van der Waals surface area contributed by atoms with Crippen molar-refractivity contribution in [1.29, 1.82) is 0 Å². The molecule has 25 rings (SSSR count). The highest BCUT2D eigenvalue weighted by molar-refractivity contribution is 6.20. The Labute approximate surface area is 831 Å². The zero-order valence-electron chi connectivity index (χ0n) is 78.5. The van der Waals surface area contributed by atoms with E-state index in [-0.39, 0.29) is 24.0 Å². The molecule has 147 heavy (non-hydrogen) atoms. The number of likely N-dealkylation sites (tertiary alicyclic amines) is 1. The summed E-state index contributed by atoms with van der Waals surface area (Å²) in [4.78, 5) is 70.3. The number of primary amides is 2. The first-order valence-electron chi connectivity index (χ1n) is 46.4. The third-order valence-electron chi connectivity index (χ3n) is 24.6. The molecule has 0 radical (unpaired) electrons. The topological polar surface area (TPSA) is 495 Å². The van der Waals surface area contributed by atoms with Gasteiger partial charge in [-0.3, -0.25) is 65.2 Å². The Morgan fingerprint density at radius 3 is 1.42 bits per heavy atom. The van der Waals surface area contributed by atoms with E-state index >= 15 is 0 Å². The molecule has 2 saturated heterocycles. The lowest BCUT2D eigenvalue weighted by molar-refractivity contribution is -0.115. The molecule has 730 valence electrons. The summed E-state index contributed by atoms with van der Waals surface area (Å²) in [6.45, 7) is 4.56. The van der Waals surface area contributed by atoms with Crippen molar-refractivity contribution in [2.75, 3.05) is 50.7 Å². The highest BCUT2D eigenvalue weighted by Crippen LogP contribution is 2.39. The van der Waals surface area contributed by atoms with Gasteiger partial charge in [0.1, 0.15) is 53.1 Å². The Morgan fingerprint density at radius 1 is 0.415 bits per heavy atom. The van der Waals surface area contributed by atoms with E-state index in [1.165, 1.54) is 68.5 Å². The molecule has 2 aliphatic heterocycles. The van der Waals surface area contributed by atoms with E-state index in [0.717, 1.165) is 199 Å². The van der Waals surface area contributed by atoms with Gasteiger partial charge in [-0.25, -0.2) is 47.2 Å². The minimum Gasteiger partial charge on any atom is -0.494 e. The molecule has 0 atom stereocenters. The minimum atomic E-state index is -0.641. The SMILES string of the molecule is COCCc1ccc(-c2n[nH]c3ccc(-c4n[nH]c(CN5CCCC5)n4)cc23)cc1.COc1ccc(-c2n[nH]c3ccc(-c4ncn[nH]4)cc23)cc1F.Fc1cc(F)cc(-c2n[nH]c3ccc(-c4ncn[nH]4)cc23)c1.NC(=O)c1ccc2[nH]nc(-c3cccc(-c4ncc[nH]4)c3)c2c1.NC(=O)c1ccc2[nH]nc(-c3cccc(CNc4ccccc4)c3)c2c1.O=C1CNC(=O)N1c1ccc2[nH]nc(-c3ccc(F)cc3)c2c1. The van der Waals surface area contributed by atoms with Gasteiger partial charge in [0.25, 0.3) is 5.91 Å². The Morgan fingerprint density at radius 2 is 0.898 bits per heavy atom. The zero-order chi connectivity index (χ0) is 101. The number of hydrogen-bond acceptors (Lipinski definition) is 21. The molecule has 10 aromatic heterocycles. The van der Waals surface area contributed by atoms with E-state index in [1.54, 1.807) is 86.2 Å². The van der Waals surface area contributed by atoms with Gasteiger partial charge in [-0.05, 0) is 232 Å². The van der Waals surface area contributed by atoms with E-state index < -0.39 is 35.3 Å². The number of halogens is 4. The van der Waals surface area contributed by atoms with Crippen LogP contribution in [0.3, 0.4) is 0 Å². The third-order valence-corrected chi connectivity index (χ3v) is 24.6. The summed E-state index contributed by atoms with van der Waals surface area (Å²) >= 11 is 0. The van der Waals surface area contributed by atoms with E-state index in [2.05, 4.69) is 170 Å². The zero-order valence-corrected chi connectivity index (χ0v) is 78.5. The number of ether oxygens (including phenoxy) is 2. The molecule has 13 aromatic carbocycles. The van der Waals surface area contributed by atoms with Gasteiger partial charge >= 0.3 is 6.03 Å². The molecule has 2 fully saturated rings. The second-order valence-corrected chi connectivity index (χ2v) is 34.2. The highest BCUT2D eigenvalue weighted by Gasteiger charge is 2.31. The molecular formula is C108H89F4N29O6. The Balaban J connectivity index is 0.000000107. The first-order valence-corrected chi connectivity index (χ1v) is 46.4. The monoisotopic (exact) mass is 1960 g/mol. The van der Waals surface area contributed by atoms with E-state index in [1.807, 2.05) is 127 Å². The summed E-state index contributed by atoms with van der Waals surface area (Å²) in [5.74, 6) is 0.694. The fourth-order valence-electron chi connectivity index (χ4n) is 17.3. The molecular weight excluding hydrogens is 1880 g/mol. The number of nitrogens with one attached hydrogen (secondary N) is 12. The molecule has 39 heteroatoms. The van der Waals surface area contributed by atoms with Crippen molar-refractivity contribution in [3.05, 3.63) is 349 Å². The lowest BCUT2D eigenvalue weighted by Crippen LogP contribution is -2.30. The number of rotatable bonds is 22. The average molecular weight is 1970 g/mol. The number of nitrogens with zero attached hydrogens (tertiary/aromatic N) is 15. The third kappa shape index (κ3) is 21.4. The smallest absolute Gasteiger partial charge is 0.329 e. The van der Waals surface area contributed by atoms with Crippen molar-refractivity contribution < 1.29 is 46.2 Å². The number of nitrogens with two attached hydrogens (primary N) is 2. The maximum absolute atomic E-state index is 14.0. The molecule has 23 aromatic rings. The average Bonchev–Trinajstić information content (AvgIpc) is 1.66. The van der Waals surface area contributed by atoms with E-state index in [4.69, 9.17) is 25.9 Å². The summed E-state index contributed by atoms with van der Waals surface area (Å²) in [5.41, 5.74) is 33.5. The molecule has 12 heterocycles. The van der Waals surface area contributed by atoms with Crippen LogP contribution in [0.5, 0.6) is 5.75 Å². The van der Waals surface area contributed by atoms with E-state index in [9.17, 15) is 36.7 Å². The van der Waals surface area contributed by atoms with Crippen LogP contribution in [0.1, 0.15) is 50.5 Å².